The van der Waals surface area contributed by atoms with Crippen LogP contribution < -0.4 is 10.6 Å². The highest BCUT2D eigenvalue weighted by Crippen LogP contribution is 2.31. The Balaban J connectivity index is 2.33. The van der Waals surface area contributed by atoms with Crippen molar-refractivity contribution in [2.24, 2.45) is 7.05 Å². The molecule has 1 unspecified atom stereocenters. The first-order valence-corrected chi connectivity index (χ1v) is 6.02. The van der Waals surface area contributed by atoms with E-state index in [1.807, 2.05) is 18.7 Å². The fraction of sp³-hybridized carbons (Fsp3) is 0.750. The number of rotatable bonds is 1. The van der Waals surface area contributed by atoms with Gasteiger partial charge in [-0.15, -0.1) is 0 Å². The van der Waals surface area contributed by atoms with Gasteiger partial charge in [-0.25, -0.2) is 0 Å². The number of nitrogens with zero attached hydrogens (tertiary/aromatic N) is 3. The molecule has 0 bridgehead atoms. The molecule has 2 N–H and O–H groups in total. The quantitative estimate of drug-likeness (QED) is 0.801. The molecule has 0 aliphatic carbocycles. The largest absolute Gasteiger partial charge is 0.394 e. The van der Waals surface area contributed by atoms with Crippen molar-refractivity contribution in [1.82, 2.24) is 9.78 Å². The molecule has 0 aromatic carbocycles. The molecule has 1 fully saturated rings. The Morgan fingerprint density at radius 3 is 2.59 bits per heavy atom. The second-order valence-electron chi connectivity index (χ2n) is 5.51. The summed E-state index contributed by atoms with van der Waals surface area (Å²) in [6.07, 6.45) is 0.202. The minimum Gasteiger partial charge on any atom is -0.394 e. The van der Waals surface area contributed by atoms with Gasteiger partial charge in [-0.3, -0.25) is 4.68 Å². The van der Waals surface area contributed by atoms with Crippen molar-refractivity contribution in [2.45, 2.75) is 39.4 Å². The molecular formula is C12H22N4O. The third-order valence-electron chi connectivity index (χ3n) is 3.11. The third-order valence-corrected chi connectivity index (χ3v) is 3.11. The van der Waals surface area contributed by atoms with Gasteiger partial charge < -0.3 is 15.4 Å². The Morgan fingerprint density at radius 1 is 1.47 bits per heavy atom. The van der Waals surface area contributed by atoms with E-state index in [0.717, 1.165) is 30.3 Å². The SMILES string of the molecule is Cc1nn(C)c(N2CC(C)OC(C)(C)C2)c1N. The first-order chi connectivity index (χ1) is 7.80. The fourth-order valence-corrected chi connectivity index (χ4v) is 2.65. The Bertz CT molecular complexity index is 424. The van der Waals surface area contributed by atoms with Crippen LogP contribution in [0.5, 0.6) is 0 Å². The molecule has 17 heavy (non-hydrogen) atoms. The first-order valence-electron chi connectivity index (χ1n) is 6.02. The van der Waals surface area contributed by atoms with E-state index >= 15 is 0 Å². The van der Waals surface area contributed by atoms with E-state index in [4.69, 9.17) is 10.5 Å². The molecule has 0 saturated carbocycles. The topological polar surface area (TPSA) is 56.3 Å². The van der Waals surface area contributed by atoms with Crippen LogP contribution in [0.1, 0.15) is 26.5 Å². The Labute approximate surface area is 103 Å². The number of hydrogen-bond acceptors (Lipinski definition) is 4. The molecule has 1 atom stereocenters. The van der Waals surface area contributed by atoms with Gasteiger partial charge in [0.15, 0.2) is 5.82 Å². The molecule has 1 aromatic rings. The average Bonchev–Trinajstić information content (AvgIpc) is 2.37. The van der Waals surface area contributed by atoms with Gasteiger partial charge in [0.25, 0.3) is 0 Å². The summed E-state index contributed by atoms with van der Waals surface area (Å²) < 4.78 is 7.76. The predicted molar refractivity (Wildman–Crippen MR) is 69.2 cm³/mol. The van der Waals surface area contributed by atoms with Crippen molar-refractivity contribution < 1.29 is 4.74 Å². The molecule has 0 spiro atoms. The molecule has 5 nitrogen and oxygen atoms in total. The summed E-state index contributed by atoms with van der Waals surface area (Å²) in [4.78, 5) is 2.27. The van der Waals surface area contributed by atoms with Crippen molar-refractivity contribution in [3.63, 3.8) is 0 Å². The number of aromatic nitrogens is 2. The van der Waals surface area contributed by atoms with Gasteiger partial charge in [0.05, 0.1) is 23.1 Å². The van der Waals surface area contributed by atoms with E-state index in [1.165, 1.54) is 0 Å². The van der Waals surface area contributed by atoms with Crippen LogP contribution in [-0.2, 0) is 11.8 Å². The summed E-state index contributed by atoms with van der Waals surface area (Å²) >= 11 is 0. The van der Waals surface area contributed by atoms with Crippen LogP contribution in [0, 0.1) is 6.92 Å². The Morgan fingerprint density at radius 2 is 2.12 bits per heavy atom. The van der Waals surface area contributed by atoms with Crippen LogP contribution in [0.3, 0.4) is 0 Å². The lowest BCUT2D eigenvalue weighted by Crippen LogP contribution is -2.52. The van der Waals surface area contributed by atoms with E-state index < -0.39 is 0 Å². The number of aryl methyl sites for hydroxylation is 2. The fourth-order valence-electron chi connectivity index (χ4n) is 2.65. The average molecular weight is 238 g/mol. The zero-order valence-corrected chi connectivity index (χ0v) is 11.3. The maximum Gasteiger partial charge on any atom is 0.150 e. The van der Waals surface area contributed by atoms with Crippen molar-refractivity contribution in [3.8, 4) is 0 Å². The monoisotopic (exact) mass is 238 g/mol. The van der Waals surface area contributed by atoms with Crippen LogP contribution in [0.25, 0.3) is 0 Å². The van der Waals surface area contributed by atoms with Gasteiger partial charge in [-0.2, -0.15) is 5.10 Å². The summed E-state index contributed by atoms with van der Waals surface area (Å²) in [6, 6.07) is 0. The van der Waals surface area contributed by atoms with E-state index in [0.29, 0.717) is 0 Å². The molecule has 1 aromatic heterocycles. The standard InChI is InChI=1S/C12H22N4O/c1-8-6-16(7-12(3,4)17-8)11-10(13)9(2)14-15(11)5/h8H,6-7,13H2,1-5H3. The van der Waals surface area contributed by atoms with Gasteiger partial charge in [-0.1, -0.05) is 0 Å². The Kier molecular flexibility index (Phi) is 2.81. The Hall–Kier alpha value is -1.23. The van der Waals surface area contributed by atoms with Crippen LogP contribution in [-0.4, -0.2) is 34.6 Å². The number of hydrogen-bond donors (Lipinski definition) is 1. The van der Waals surface area contributed by atoms with Crippen LogP contribution in [0.15, 0.2) is 0 Å². The number of ether oxygens (including phenoxy) is 1. The van der Waals surface area contributed by atoms with Gasteiger partial charge in [0, 0.05) is 20.1 Å². The van der Waals surface area contributed by atoms with Gasteiger partial charge in [-0.05, 0) is 27.7 Å². The lowest BCUT2D eigenvalue weighted by molar-refractivity contribution is -0.0752. The maximum absolute atomic E-state index is 6.10. The summed E-state index contributed by atoms with van der Waals surface area (Å²) in [5.74, 6) is 1.01. The number of morpholine rings is 1. The zero-order valence-electron chi connectivity index (χ0n) is 11.3. The molecule has 5 heteroatoms. The lowest BCUT2D eigenvalue weighted by atomic mass is 10.1. The highest BCUT2D eigenvalue weighted by Gasteiger charge is 2.33. The summed E-state index contributed by atoms with van der Waals surface area (Å²) in [5.41, 5.74) is 7.62. The van der Waals surface area contributed by atoms with Crippen molar-refractivity contribution in [1.29, 1.82) is 0 Å². The molecule has 0 radical (unpaired) electrons. The summed E-state index contributed by atoms with van der Waals surface area (Å²) in [5, 5.41) is 4.37. The third kappa shape index (κ3) is 2.24. The summed E-state index contributed by atoms with van der Waals surface area (Å²) in [6.45, 7) is 9.93. The minimum atomic E-state index is -0.151. The van der Waals surface area contributed by atoms with Gasteiger partial charge >= 0.3 is 0 Å². The zero-order chi connectivity index (χ0) is 12.8. The van der Waals surface area contributed by atoms with Gasteiger partial charge in [0.1, 0.15) is 0 Å². The molecule has 2 heterocycles. The van der Waals surface area contributed by atoms with E-state index in [-0.39, 0.29) is 11.7 Å². The normalized spacial score (nSPS) is 24.1. The van der Waals surface area contributed by atoms with Crippen LogP contribution in [0.2, 0.25) is 0 Å². The highest BCUT2D eigenvalue weighted by atomic mass is 16.5. The highest BCUT2D eigenvalue weighted by molar-refractivity contribution is 5.66. The van der Waals surface area contributed by atoms with Crippen molar-refractivity contribution >= 4 is 11.5 Å². The molecular weight excluding hydrogens is 216 g/mol. The second kappa shape index (κ2) is 3.91. The number of nitrogen functional groups attached to an aromatic ring is 1. The van der Waals surface area contributed by atoms with E-state index in [1.54, 1.807) is 0 Å². The number of nitrogens with two attached hydrogens (primary N) is 1. The van der Waals surface area contributed by atoms with E-state index in [9.17, 15) is 0 Å². The number of anilines is 2. The predicted octanol–water partition coefficient (Wildman–Crippen LogP) is 1.31. The van der Waals surface area contributed by atoms with Crippen molar-refractivity contribution in [2.75, 3.05) is 23.7 Å². The minimum absolute atomic E-state index is 0.151. The maximum atomic E-state index is 6.10. The van der Waals surface area contributed by atoms with E-state index in [2.05, 4.69) is 30.8 Å². The molecule has 96 valence electrons. The van der Waals surface area contributed by atoms with Crippen molar-refractivity contribution in [3.05, 3.63) is 5.69 Å². The first kappa shape index (κ1) is 12.2. The van der Waals surface area contributed by atoms with Gasteiger partial charge in [0.2, 0.25) is 0 Å². The smallest absolute Gasteiger partial charge is 0.150 e. The lowest BCUT2D eigenvalue weighted by Gasteiger charge is -2.42. The second-order valence-corrected chi connectivity index (χ2v) is 5.51. The molecule has 1 aliphatic heterocycles. The van der Waals surface area contributed by atoms with Crippen LogP contribution in [0.4, 0.5) is 11.5 Å². The molecule has 2 rings (SSSR count). The summed E-state index contributed by atoms with van der Waals surface area (Å²) in [7, 11) is 1.94. The van der Waals surface area contributed by atoms with Crippen LogP contribution >= 0.6 is 0 Å². The molecule has 0 amide bonds. The molecule has 1 aliphatic rings. The molecule has 1 saturated heterocycles.